The van der Waals surface area contributed by atoms with Crippen molar-refractivity contribution >= 4 is 22.8 Å². The van der Waals surface area contributed by atoms with Gasteiger partial charge in [0.15, 0.2) is 0 Å². The average molecular weight is 492 g/mol. The van der Waals surface area contributed by atoms with Gasteiger partial charge < -0.3 is 14.8 Å². The van der Waals surface area contributed by atoms with Crippen molar-refractivity contribution in [2.75, 3.05) is 36.0 Å². The molecule has 1 aromatic carbocycles. The Labute approximate surface area is 195 Å². The number of aromatic nitrogens is 4. The van der Waals surface area contributed by atoms with Gasteiger partial charge in [0.1, 0.15) is 5.82 Å². The standard InChI is InChI=1S/C23H18F6N6/c24-22(25,26)15-11-16(14-3-1-5-30-13-14)19-18(12-15)32-21(33-19)35-9-7-34(8-10-35)20-17(23(27,28)29)4-2-6-31-20/h1-6,11-13H,7-10H2,(H,32,33). The van der Waals surface area contributed by atoms with E-state index in [0.29, 0.717) is 30.1 Å². The summed E-state index contributed by atoms with van der Waals surface area (Å²) in [6.45, 7) is 1.09. The maximum atomic E-state index is 13.5. The number of alkyl halides is 6. The first-order valence-electron chi connectivity index (χ1n) is 10.6. The summed E-state index contributed by atoms with van der Waals surface area (Å²) in [5, 5.41) is 0. The molecule has 12 heteroatoms. The highest BCUT2D eigenvalue weighted by Gasteiger charge is 2.36. The minimum absolute atomic E-state index is 0.141. The van der Waals surface area contributed by atoms with Crippen LogP contribution in [0.5, 0.6) is 0 Å². The second kappa shape index (κ2) is 8.43. The van der Waals surface area contributed by atoms with Crippen LogP contribution in [0, 0.1) is 0 Å². The molecular weight excluding hydrogens is 474 g/mol. The number of pyridine rings is 2. The minimum atomic E-state index is -4.55. The highest BCUT2D eigenvalue weighted by molar-refractivity contribution is 5.94. The van der Waals surface area contributed by atoms with E-state index in [1.807, 2.05) is 0 Å². The van der Waals surface area contributed by atoms with E-state index in [4.69, 9.17) is 0 Å². The third-order valence-electron chi connectivity index (χ3n) is 5.84. The number of H-pyrrole nitrogens is 1. The molecular formula is C23H18F6N6. The van der Waals surface area contributed by atoms with E-state index in [2.05, 4.69) is 19.9 Å². The molecule has 6 nitrogen and oxygen atoms in total. The number of piperazine rings is 1. The second-order valence-corrected chi connectivity index (χ2v) is 8.07. The molecule has 3 aromatic heterocycles. The lowest BCUT2D eigenvalue weighted by molar-refractivity contribution is -0.138. The van der Waals surface area contributed by atoms with Crippen molar-refractivity contribution in [1.29, 1.82) is 0 Å². The predicted molar refractivity (Wildman–Crippen MR) is 118 cm³/mol. The summed E-state index contributed by atoms with van der Waals surface area (Å²) in [5.74, 6) is 0.208. The maximum Gasteiger partial charge on any atom is 0.419 e. The van der Waals surface area contributed by atoms with Crippen LogP contribution in [0.1, 0.15) is 11.1 Å². The van der Waals surface area contributed by atoms with E-state index in [-0.39, 0.29) is 30.0 Å². The Hall–Kier alpha value is -3.83. The SMILES string of the molecule is FC(F)(F)c1cc(-c2cccnc2)c2nc(N3CCN(c4ncccc4C(F)(F)F)CC3)[nH]c2c1. The third kappa shape index (κ3) is 4.47. The van der Waals surface area contributed by atoms with Crippen molar-refractivity contribution < 1.29 is 26.3 Å². The molecule has 35 heavy (non-hydrogen) atoms. The number of hydrogen-bond donors (Lipinski definition) is 1. The zero-order valence-corrected chi connectivity index (χ0v) is 18.0. The molecule has 0 bridgehead atoms. The van der Waals surface area contributed by atoms with Gasteiger partial charge in [0.05, 0.1) is 22.2 Å². The predicted octanol–water partition coefficient (Wildman–Crippen LogP) is 5.38. The van der Waals surface area contributed by atoms with Crippen molar-refractivity contribution in [2.24, 2.45) is 0 Å². The van der Waals surface area contributed by atoms with Crippen molar-refractivity contribution in [3.8, 4) is 11.1 Å². The van der Waals surface area contributed by atoms with Gasteiger partial charge >= 0.3 is 12.4 Å². The topological polar surface area (TPSA) is 60.9 Å². The lowest BCUT2D eigenvalue weighted by Crippen LogP contribution is -2.47. The number of imidazole rings is 1. The number of benzene rings is 1. The third-order valence-corrected chi connectivity index (χ3v) is 5.84. The van der Waals surface area contributed by atoms with Crippen molar-refractivity contribution in [1.82, 2.24) is 19.9 Å². The molecule has 182 valence electrons. The lowest BCUT2D eigenvalue weighted by atomic mass is 10.0. The zero-order valence-electron chi connectivity index (χ0n) is 18.0. The monoisotopic (exact) mass is 492 g/mol. The van der Waals surface area contributed by atoms with Gasteiger partial charge in [0.2, 0.25) is 5.95 Å². The van der Waals surface area contributed by atoms with Gasteiger partial charge in [0, 0.05) is 55.9 Å². The van der Waals surface area contributed by atoms with Crippen LogP contribution in [0.15, 0.2) is 55.0 Å². The van der Waals surface area contributed by atoms with E-state index in [1.54, 1.807) is 21.9 Å². The molecule has 0 radical (unpaired) electrons. The normalized spacial score (nSPS) is 15.1. The molecule has 1 aliphatic heterocycles. The van der Waals surface area contributed by atoms with Crippen LogP contribution >= 0.6 is 0 Å². The Morgan fingerprint density at radius 3 is 2.20 bits per heavy atom. The molecule has 0 spiro atoms. The molecule has 0 unspecified atom stereocenters. The fourth-order valence-corrected chi connectivity index (χ4v) is 4.16. The summed E-state index contributed by atoms with van der Waals surface area (Å²) < 4.78 is 80.8. The van der Waals surface area contributed by atoms with Gasteiger partial charge in [-0.25, -0.2) is 9.97 Å². The molecule has 1 saturated heterocycles. The van der Waals surface area contributed by atoms with Gasteiger partial charge in [-0.15, -0.1) is 0 Å². The Kier molecular flexibility index (Phi) is 5.53. The summed E-state index contributed by atoms with van der Waals surface area (Å²) in [4.78, 5) is 18.8. The Morgan fingerprint density at radius 2 is 1.54 bits per heavy atom. The van der Waals surface area contributed by atoms with Gasteiger partial charge in [0.25, 0.3) is 0 Å². The number of nitrogens with one attached hydrogen (secondary N) is 1. The van der Waals surface area contributed by atoms with E-state index in [1.165, 1.54) is 24.7 Å². The van der Waals surface area contributed by atoms with Crippen LogP contribution in [0.3, 0.4) is 0 Å². The van der Waals surface area contributed by atoms with Crippen LogP contribution in [-0.4, -0.2) is 46.1 Å². The van der Waals surface area contributed by atoms with Crippen LogP contribution in [0.25, 0.3) is 22.2 Å². The van der Waals surface area contributed by atoms with Crippen molar-refractivity contribution in [3.05, 3.63) is 66.1 Å². The van der Waals surface area contributed by atoms with Gasteiger partial charge in [-0.05, 0) is 30.3 Å². The first-order chi connectivity index (χ1) is 16.6. The number of halogens is 6. The maximum absolute atomic E-state index is 13.5. The summed E-state index contributed by atoms with van der Waals surface area (Å²) in [6.07, 6.45) is -4.78. The number of rotatable bonds is 3. The van der Waals surface area contributed by atoms with Crippen molar-refractivity contribution in [3.63, 3.8) is 0 Å². The van der Waals surface area contributed by atoms with Crippen LogP contribution in [0.4, 0.5) is 38.1 Å². The van der Waals surface area contributed by atoms with Gasteiger partial charge in [-0.3, -0.25) is 4.98 Å². The molecule has 0 aliphatic carbocycles. The average Bonchev–Trinajstić information content (AvgIpc) is 3.27. The van der Waals surface area contributed by atoms with Crippen LogP contribution < -0.4 is 9.80 Å². The largest absolute Gasteiger partial charge is 0.419 e. The quantitative estimate of drug-likeness (QED) is 0.389. The molecule has 5 rings (SSSR count). The molecule has 1 fully saturated rings. The Balaban J connectivity index is 1.45. The fourth-order valence-electron chi connectivity index (χ4n) is 4.16. The van der Waals surface area contributed by atoms with E-state index >= 15 is 0 Å². The van der Waals surface area contributed by atoms with E-state index < -0.39 is 23.5 Å². The molecule has 0 amide bonds. The molecule has 1 aliphatic rings. The number of hydrogen-bond acceptors (Lipinski definition) is 5. The van der Waals surface area contributed by atoms with Gasteiger partial charge in [-0.2, -0.15) is 26.3 Å². The smallest absolute Gasteiger partial charge is 0.353 e. The summed E-state index contributed by atoms with van der Waals surface area (Å²) in [7, 11) is 0. The second-order valence-electron chi connectivity index (χ2n) is 8.07. The Bertz CT molecular complexity index is 1340. The fraction of sp³-hybridized carbons (Fsp3) is 0.261. The number of nitrogens with zero attached hydrogens (tertiary/aromatic N) is 5. The summed E-state index contributed by atoms with van der Waals surface area (Å²) in [5.41, 5.74) is -0.293. The molecule has 0 atom stereocenters. The highest BCUT2D eigenvalue weighted by Crippen LogP contribution is 2.38. The summed E-state index contributed by atoms with van der Waals surface area (Å²) >= 11 is 0. The first kappa shape index (κ1) is 22.9. The van der Waals surface area contributed by atoms with E-state index in [0.717, 1.165) is 18.2 Å². The molecule has 0 saturated carbocycles. The zero-order chi connectivity index (χ0) is 24.8. The van der Waals surface area contributed by atoms with Crippen LogP contribution in [-0.2, 0) is 12.4 Å². The highest BCUT2D eigenvalue weighted by atomic mass is 19.4. The Morgan fingerprint density at radius 1 is 0.829 bits per heavy atom. The lowest BCUT2D eigenvalue weighted by Gasteiger charge is -2.36. The molecule has 4 heterocycles. The first-order valence-corrected chi connectivity index (χ1v) is 10.6. The number of anilines is 2. The minimum Gasteiger partial charge on any atom is -0.353 e. The number of aromatic amines is 1. The summed E-state index contributed by atoms with van der Waals surface area (Å²) in [6, 6.07) is 7.56. The van der Waals surface area contributed by atoms with Crippen molar-refractivity contribution in [2.45, 2.75) is 12.4 Å². The van der Waals surface area contributed by atoms with Crippen LogP contribution in [0.2, 0.25) is 0 Å². The molecule has 1 N–H and O–H groups in total. The number of fused-ring (bicyclic) bond motifs is 1. The molecule has 4 aromatic rings. The van der Waals surface area contributed by atoms with Gasteiger partial charge in [-0.1, -0.05) is 6.07 Å². The van der Waals surface area contributed by atoms with E-state index in [9.17, 15) is 26.3 Å².